The fourth-order valence-corrected chi connectivity index (χ4v) is 4.14. The first-order valence-corrected chi connectivity index (χ1v) is 11.1. The molecule has 1 aliphatic rings. The Labute approximate surface area is 180 Å². The molecule has 1 N–H and O–H groups in total. The SMILES string of the molecule is Cc1ccc(N2CCC(CNC(=O)CCSc3nnc(-c4ccncc4)o3)C2)cc1. The summed E-state index contributed by atoms with van der Waals surface area (Å²) in [5.74, 6) is 1.61. The highest BCUT2D eigenvalue weighted by atomic mass is 32.2. The van der Waals surface area contributed by atoms with Crippen LogP contribution in [0.1, 0.15) is 18.4 Å². The van der Waals surface area contributed by atoms with Crippen LogP contribution in [0.4, 0.5) is 5.69 Å². The molecule has 0 bridgehead atoms. The second-order valence-electron chi connectivity index (χ2n) is 7.45. The topological polar surface area (TPSA) is 84.2 Å². The maximum Gasteiger partial charge on any atom is 0.276 e. The van der Waals surface area contributed by atoms with Crippen molar-refractivity contribution in [1.29, 1.82) is 0 Å². The zero-order valence-electron chi connectivity index (χ0n) is 17.0. The smallest absolute Gasteiger partial charge is 0.276 e. The van der Waals surface area contributed by atoms with E-state index in [0.29, 0.717) is 29.2 Å². The zero-order valence-corrected chi connectivity index (χ0v) is 17.8. The van der Waals surface area contributed by atoms with Gasteiger partial charge in [0, 0.05) is 55.5 Å². The van der Waals surface area contributed by atoms with Gasteiger partial charge in [-0.25, -0.2) is 0 Å². The van der Waals surface area contributed by atoms with Gasteiger partial charge in [-0.2, -0.15) is 0 Å². The van der Waals surface area contributed by atoms with Crippen molar-refractivity contribution in [2.45, 2.75) is 25.0 Å². The molecule has 8 heteroatoms. The van der Waals surface area contributed by atoms with Gasteiger partial charge in [-0.15, -0.1) is 10.2 Å². The van der Waals surface area contributed by atoms with Gasteiger partial charge in [-0.05, 0) is 43.5 Å². The molecule has 0 aliphatic carbocycles. The number of nitrogens with zero attached hydrogens (tertiary/aromatic N) is 4. The summed E-state index contributed by atoms with van der Waals surface area (Å²) in [6, 6.07) is 12.3. The molecule has 4 rings (SSSR count). The van der Waals surface area contributed by atoms with Crippen LogP contribution >= 0.6 is 11.8 Å². The van der Waals surface area contributed by atoms with E-state index in [-0.39, 0.29) is 5.91 Å². The van der Waals surface area contributed by atoms with E-state index >= 15 is 0 Å². The molecular formula is C22H25N5O2S. The molecule has 1 atom stereocenters. The summed E-state index contributed by atoms with van der Waals surface area (Å²) in [6.07, 6.45) is 4.89. The Morgan fingerprint density at radius 3 is 2.80 bits per heavy atom. The second-order valence-corrected chi connectivity index (χ2v) is 8.49. The van der Waals surface area contributed by atoms with Gasteiger partial charge in [-0.1, -0.05) is 29.5 Å². The molecule has 156 valence electrons. The van der Waals surface area contributed by atoms with Crippen LogP contribution < -0.4 is 10.2 Å². The summed E-state index contributed by atoms with van der Waals surface area (Å²) >= 11 is 1.40. The standard InChI is InChI=1S/C22H25N5O2S/c1-16-2-4-19(5-3-16)27-12-8-17(15-27)14-24-20(28)9-13-30-22-26-25-21(29-22)18-6-10-23-11-7-18/h2-7,10-11,17H,8-9,12-15H2,1H3,(H,24,28). The number of carbonyl (C=O) groups is 1. The van der Waals surface area contributed by atoms with Crippen molar-refractivity contribution in [2.75, 3.05) is 30.3 Å². The molecule has 3 heterocycles. The van der Waals surface area contributed by atoms with Crippen LogP contribution in [-0.4, -0.2) is 46.5 Å². The summed E-state index contributed by atoms with van der Waals surface area (Å²) < 4.78 is 5.63. The minimum absolute atomic E-state index is 0.0603. The summed E-state index contributed by atoms with van der Waals surface area (Å²) in [6.45, 7) is 4.84. The van der Waals surface area contributed by atoms with E-state index in [1.54, 1.807) is 12.4 Å². The molecular weight excluding hydrogens is 398 g/mol. The molecule has 3 aromatic rings. The number of carbonyl (C=O) groups excluding carboxylic acids is 1. The average molecular weight is 424 g/mol. The number of thioether (sulfide) groups is 1. The van der Waals surface area contributed by atoms with Gasteiger partial charge in [0.15, 0.2) is 0 Å². The number of amides is 1. The van der Waals surface area contributed by atoms with E-state index in [1.165, 1.54) is 23.0 Å². The molecule has 0 radical (unpaired) electrons. The molecule has 1 saturated heterocycles. The van der Waals surface area contributed by atoms with Gasteiger partial charge in [0.2, 0.25) is 11.8 Å². The third-order valence-electron chi connectivity index (χ3n) is 5.16. The number of hydrogen-bond donors (Lipinski definition) is 1. The van der Waals surface area contributed by atoms with Crippen LogP contribution in [-0.2, 0) is 4.79 Å². The van der Waals surface area contributed by atoms with Crippen LogP contribution in [0, 0.1) is 12.8 Å². The fourth-order valence-electron chi connectivity index (χ4n) is 3.45. The number of anilines is 1. The lowest BCUT2D eigenvalue weighted by atomic mass is 10.1. The van der Waals surface area contributed by atoms with Gasteiger partial charge >= 0.3 is 0 Å². The number of hydrogen-bond acceptors (Lipinski definition) is 7. The molecule has 2 aromatic heterocycles. The maximum atomic E-state index is 12.2. The van der Waals surface area contributed by atoms with Crippen molar-refractivity contribution < 1.29 is 9.21 Å². The van der Waals surface area contributed by atoms with Crippen molar-refractivity contribution in [3.05, 3.63) is 54.4 Å². The van der Waals surface area contributed by atoms with Crippen LogP contribution in [0.15, 0.2) is 58.4 Å². The maximum absolute atomic E-state index is 12.2. The lowest BCUT2D eigenvalue weighted by Gasteiger charge is -2.19. The van der Waals surface area contributed by atoms with Crippen molar-refractivity contribution in [2.24, 2.45) is 5.92 Å². The number of pyridine rings is 1. The first-order valence-electron chi connectivity index (χ1n) is 10.1. The van der Waals surface area contributed by atoms with Gasteiger partial charge in [-0.3, -0.25) is 9.78 Å². The van der Waals surface area contributed by atoms with Crippen molar-refractivity contribution >= 4 is 23.4 Å². The van der Waals surface area contributed by atoms with Crippen LogP contribution in [0.5, 0.6) is 0 Å². The Kier molecular flexibility index (Phi) is 6.63. The van der Waals surface area contributed by atoms with E-state index in [4.69, 9.17) is 4.42 Å². The lowest BCUT2D eigenvalue weighted by Crippen LogP contribution is -2.31. The third-order valence-corrected chi connectivity index (χ3v) is 5.98. The minimum Gasteiger partial charge on any atom is -0.411 e. The van der Waals surface area contributed by atoms with E-state index < -0.39 is 0 Å². The van der Waals surface area contributed by atoms with E-state index in [1.807, 2.05) is 12.1 Å². The number of nitrogens with one attached hydrogen (secondary N) is 1. The van der Waals surface area contributed by atoms with Gasteiger partial charge in [0.05, 0.1) is 0 Å². The number of rotatable bonds is 8. The zero-order chi connectivity index (χ0) is 20.8. The van der Waals surface area contributed by atoms with E-state index in [2.05, 4.69) is 56.6 Å². The molecule has 0 spiro atoms. The number of aryl methyl sites for hydroxylation is 1. The second kappa shape index (κ2) is 9.75. The molecule has 1 amide bonds. The summed E-state index contributed by atoms with van der Waals surface area (Å²) in [5, 5.41) is 11.6. The molecule has 1 fully saturated rings. The Morgan fingerprint density at radius 2 is 2.00 bits per heavy atom. The highest BCUT2D eigenvalue weighted by Gasteiger charge is 2.23. The van der Waals surface area contributed by atoms with Crippen LogP contribution in [0.2, 0.25) is 0 Å². The van der Waals surface area contributed by atoms with E-state index in [0.717, 1.165) is 31.6 Å². The quantitative estimate of drug-likeness (QED) is 0.555. The Hall–Kier alpha value is -2.87. The van der Waals surface area contributed by atoms with Gasteiger partial charge in [0.25, 0.3) is 5.22 Å². The number of benzene rings is 1. The molecule has 30 heavy (non-hydrogen) atoms. The molecule has 7 nitrogen and oxygen atoms in total. The summed E-state index contributed by atoms with van der Waals surface area (Å²) in [4.78, 5) is 18.6. The monoisotopic (exact) mass is 423 g/mol. The third kappa shape index (κ3) is 5.38. The number of aromatic nitrogens is 3. The first kappa shape index (κ1) is 20.4. The normalized spacial score (nSPS) is 16.0. The predicted octanol–water partition coefficient (Wildman–Crippen LogP) is 3.56. The van der Waals surface area contributed by atoms with E-state index in [9.17, 15) is 4.79 Å². The van der Waals surface area contributed by atoms with Crippen LogP contribution in [0.25, 0.3) is 11.5 Å². The highest BCUT2D eigenvalue weighted by molar-refractivity contribution is 7.99. The molecule has 1 aromatic carbocycles. The summed E-state index contributed by atoms with van der Waals surface area (Å²) in [5.41, 5.74) is 3.36. The Morgan fingerprint density at radius 1 is 1.20 bits per heavy atom. The minimum atomic E-state index is 0.0603. The molecule has 1 unspecified atom stereocenters. The van der Waals surface area contributed by atoms with Crippen molar-refractivity contribution in [1.82, 2.24) is 20.5 Å². The molecule has 0 saturated carbocycles. The Bertz CT molecular complexity index is 961. The highest BCUT2D eigenvalue weighted by Crippen LogP contribution is 2.24. The fraction of sp³-hybridized carbons (Fsp3) is 0.364. The van der Waals surface area contributed by atoms with Crippen molar-refractivity contribution in [3.8, 4) is 11.5 Å². The first-order chi connectivity index (χ1) is 14.7. The van der Waals surface area contributed by atoms with Gasteiger partial charge in [0.1, 0.15) is 0 Å². The average Bonchev–Trinajstić information content (AvgIpc) is 3.43. The lowest BCUT2D eigenvalue weighted by molar-refractivity contribution is -0.120. The van der Waals surface area contributed by atoms with Gasteiger partial charge < -0.3 is 14.6 Å². The molecule has 1 aliphatic heterocycles. The summed E-state index contributed by atoms with van der Waals surface area (Å²) in [7, 11) is 0. The largest absolute Gasteiger partial charge is 0.411 e. The Balaban J connectivity index is 1.15. The van der Waals surface area contributed by atoms with Crippen LogP contribution in [0.3, 0.4) is 0 Å². The predicted molar refractivity (Wildman–Crippen MR) is 117 cm³/mol. The van der Waals surface area contributed by atoms with Crippen molar-refractivity contribution in [3.63, 3.8) is 0 Å².